The number of ether oxygens (including phenoxy) is 1. The Morgan fingerprint density at radius 2 is 1.56 bits per heavy atom. The fourth-order valence-electron chi connectivity index (χ4n) is 4.32. The molecule has 4 rings (SSSR count). The molecule has 1 aliphatic heterocycles. The van der Waals surface area contributed by atoms with Gasteiger partial charge in [-0.2, -0.15) is 0 Å². The van der Waals surface area contributed by atoms with Crippen molar-refractivity contribution in [1.82, 2.24) is 4.90 Å². The molecule has 0 aromatic heterocycles. The molecule has 1 aliphatic rings. The van der Waals surface area contributed by atoms with E-state index in [0.717, 1.165) is 26.2 Å². The van der Waals surface area contributed by atoms with Crippen molar-refractivity contribution in [2.75, 3.05) is 50.1 Å². The molecule has 1 saturated heterocycles. The summed E-state index contributed by atoms with van der Waals surface area (Å²) in [5.41, 5.74) is 8.39. The Hall–Kier alpha value is -3.84. The lowest BCUT2D eigenvalue weighted by Crippen LogP contribution is -2.55. The number of nitrogens with two attached hydrogens (primary N) is 1. The molecule has 34 heavy (non-hydrogen) atoms. The smallest absolute Gasteiger partial charge is 0.250 e. The minimum Gasteiger partial charge on any atom is -0.497 e. The van der Waals surface area contributed by atoms with Gasteiger partial charge in [0.1, 0.15) is 5.75 Å². The van der Waals surface area contributed by atoms with Gasteiger partial charge in [0.05, 0.1) is 18.7 Å². The van der Waals surface area contributed by atoms with Gasteiger partial charge >= 0.3 is 0 Å². The third-order valence-electron chi connectivity index (χ3n) is 6.23. The monoisotopic (exact) mass is 458 g/mol. The van der Waals surface area contributed by atoms with Crippen LogP contribution in [0.1, 0.15) is 20.7 Å². The van der Waals surface area contributed by atoms with E-state index in [1.807, 2.05) is 30.3 Å². The molecule has 3 N–H and O–H groups in total. The summed E-state index contributed by atoms with van der Waals surface area (Å²) < 4.78 is 5.24. The number of Topliss-reactive ketones (excluding diaryl/α,β-unsaturated/α-hetero) is 1. The highest BCUT2D eigenvalue weighted by atomic mass is 16.5. The van der Waals surface area contributed by atoms with E-state index in [1.165, 1.54) is 5.69 Å². The lowest BCUT2D eigenvalue weighted by molar-refractivity contribution is 0.0822. The molecule has 7 heteroatoms. The summed E-state index contributed by atoms with van der Waals surface area (Å²) in [6.45, 7) is 3.52. The number of hydrogen-bond acceptors (Lipinski definition) is 6. The highest BCUT2D eigenvalue weighted by Crippen LogP contribution is 2.21. The van der Waals surface area contributed by atoms with Gasteiger partial charge in [-0.25, -0.2) is 0 Å². The van der Waals surface area contributed by atoms with Gasteiger partial charge in [0.25, 0.3) is 5.91 Å². The number of ketones is 1. The van der Waals surface area contributed by atoms with Crippen LogP contribution in [-0.2, 0) is 0 Å². The van der Waals surface area contributed by atoms with E-state index >= 15 is 0 Å². The van der Waals surface area contributed by atoms with Crippen LogP contribution in [0.3, 0.4) is 0 Å². The van der Waals surface area contributed by atoms with Crippen LogP contribution in [0.25, 0.3) is 0 Å². The van der Waals surface area contributed by atoms with Crippen LogP contribution in [0.5, 0.6) is 5.75 Å². The molecule has 0 radical (unpaired) electrons. The average molecular weight is 459 g/mol. The zero-order valence-corrected chi connectivity index (χ0v) is 19.3. The van der Waals surface area contributed by atoms with Gasteiger partial charge in [-0.15, -0.1) is 0 Å². The van der Waals surface area contributed by atoms with Gasteiger partial charge in [0, 0.05) is 49.7 Å². The van der Waals surface area contributed by atoms with E-state index in [9.17, 15) is 9.59 Å². The maximum atomic E-state index is 13.6. The number of carbonyl (C=O) groups is 2. The molecular weight excluding hydrogens is 428 g/mol. The highest BCUT2D eigenvalue weighted by molar-refractivity contribution is 6.01. The standard InChI is InChI=1S/C27H30N4O3/c1-34-22-13-11-20(12-14-22)26(32)25(19-29-24-10-6-5-9-23(24)27(28)33)31-17-15-30(16-18-31)21-7-3-2-4-8-21/h2-14,25,29H,15-19H2,1H3,(H2,28,33). The van der Waals surface area contributed by atoms with Gasteiger partial charge in [-0.1, -0.05) is 30.3 Å². The van der Waals surface area contributed by atoms with Gasteiger partial charge in [0.15, 0.2) is 5.78 Å². The molecule has 176 valence electrons. The normalized spacial score (nSPS) is 14.9. The number of piperazine rings is 1. The number of amides is 1. The second kappa shape index (κ2) is 10.9. The average Bonchev–Trinajstić information content (AvgIpc) is 2.89. The molecular formula is C27H30N4O3. The van der Waals surface area contributed by atoms with Crippen LogP contribution < -0.4 is 20.7 Å². The summed E-state index contributed by atoms with van der Waals surface area (Å²) in [6.07, 6.45) is 0. The minimum atomic E-state index is -0.502. The van der Waals surface area contributed by atoms with Crippen molar-refractivity contribution >= 4 is 23.1 Å². The lowest BCUT2D eigenvalue weighted by Gasteiger charge is -2.40. The molecule has 3 aromatic carbocycles. The number of rotatable bonds is 9. The van der Waals surface area contributed by atoms with Gasteiger partial charge in [0.2, 0.25) is 0 Å². The lowest BCUT2D eigenvalue weighted by atomic mass is 10.0. The first-order chi connectivity index (χ1) is 16.6. The maximum absolute atomic E-state index is 13.6. The largest absolute Gasteiger partial charge is 0.497 e. The summed E-state index contributed by atoms with van der Waals surface area (Å²) in [7, 11) is 1.60. The number of carbonyl (C=O) groups excluding carboxylic acids is 2. The van der Waals surface area contributed by atoms with Crippen LogP contribution in [-0.4, -0.2) is 62.5 Å². The van der Waals surface area contributed by atoms with Gasteiger partial charge in [-0.3, -0.25) is 14.5 Å². The second-order valence-electron chi connectivity index (χ2n) is 8.26. The molecule has 1 heterocycles. The molecule has 3 aromatic rings. The number of para-hydroxylation sites is 2. The number of primary amides is 1. The van der Waals surface area contributed by atoms with Crippen molar-refractivity contribution in [3.8, 4) is 5.75 Å². The SMILES string of the molecule is COc1ccc(C(=O)C(CNc2ccccc2C(N)=O)N2CCN(c3ccccc3)CC2)cc1. The zero-order chi connectivity index (χ0) is 23.9. The van der Waals surface area contributed by atoms with E-state index in [4.69, 9.17) is 10.5 Å². The minimum absolute atomic E-state index is 0.0277. The summed E-state index contributed by atoms with van der Waals surface area (Å²) in [5, 5.41) is 3.31. The summed E-state index contributed by atoms with van der Waals surface area (Å²) in [5.74, 6) is 0.232. The summed E-state index contributed by atoms with van der Waals surface area (Å²) in [6, 6.07) is 24.2. The number of anilines is 2. The molecule has 1 fully saturated rings. The maximum Gasteiger partial charge on any atom is 0.250 e. The van der Waals surface area contributed by atoms with E-state index < -0.39 is 11.9 Å². The summed E-state index contributed by atoms with van der Waals surface area (Å²) in [4.78, 5) is 30.0. The van der Waals surface area contributed by atoms with Crippen molar-refractivity contribution < 1.29 is 14.3 Å². The third kappa shape index (κ3) is 5.38. The number of methoxy groups -OCH3 is 1. The topological polar surface area (TPSA) is 87.9 Å². The van der Waals surface area contributed by atoms with E-state index in [1.54, 1.807) is 43.5 Å². The second-order valence-corrected chi connectivity index (χ2v) is 8.26. The van der Waals surface area contributed by atoms with Gasteiger partial charge in [-0.05, 0) is 48.5 Å². The van der Waals surface area contributed by atoms with Crippen LogP contribution >= 0.6 is 0 Å². The Kier molecular flexibility index (Phi) is 7.44. The Morgan fingerprint density at radius 1 is 0.912 bits per heavy atom. The van der Waals surface area contributed by atoms with Crippen molar-refractivity contribution in [1.29, 1.82) is 0 Å². The molecule has 0 aliphatic carbocycles. The van der Waals surface area contributed by atoms with E-state index in [-0.39, 0.29) is 5.78 Å². The van der Waals surface area contributed by atoms with Crippen LogP contribution in [0.15, 0.2) is 78.9 Å². The van der Waals surface area contributed by atoms with Crippen LogP contribution in [0.4, 0.5) is 11.4 Å². The predicted molar refractivity (Wildman–Crippen MR) is 135 cm³/mol. The number of benzene rings is 3. The molecule has 0 saturated carbocycles. The van der Waals surface area contributed by atoms with Crippen molar-refractivity contribution in [2.24, 2.45) is 5.73 Å². The molecule has 0 spiro atoms. The Balaban J connectivity index is 1.53. The highest BCUT2D eigenvalue weighted by Gasteiger charge is 2.30. The van der Waals surface area contributed by atoms with Crippen molar-refractivity contribution in [2.45, 2.75) is 6.04 Å². The first kappa shape index (κ1) is 23.3. The first-order valence-electron chi connectivity index (χ1n) is 11.4. The van der Waals surface area contributed by atoms with Gasteiger partial charge < -0.3 is 20.7 Å². The molecule has 1 amide bonds. The van der Waals surface area contributed by atoms with Crippen LogP contribution in [0, 0.1) is 0 Å². The number of hydrogen-bond donors (Lipinski definition) is 2. The zero-order valence-electron chi connectivity index (χ0n) is 19.3. The molecule has 1 unspecified atom stereocenters. The third-order valence-corrected chi connectivity index (χ3v) is 6.23. The van der Waals surface area contributed by atoms with E-state index in [2.05, 4.69) is 27.2 Å². The van der Waals surface area contributed by atoms with Crippen molar-refractivity contribution in [3.05, 3.63) is 90.0 Å². The molecule has 7 nitrogen and oxygen atoms in total. The molecule has 0 bridgehead atoms. The fourth-order valence-corrected chi connectivity index (χ4v) is 4.32. The fraction of sp³-hybridized carbons (Fsp3) is 0.259. The van der Waals surface area contributed by atoms with Crippen molar-refractivity contribution in [3.63, 3.8) is 0 Å². The van der Waals surface area contributed by atoms with Crippen LogP contribution in [0.2, 0.25) is 0 Å². The number of nitrogens with one attached hydrogen (secondary N) is 1. The molecule has 1 atom stereocenters. The Morgan fingerprint density at radius 3 is 2.21 bits per heavy atom. The Bertz CT molecular complexity index is 1110. The Labute approximate surface area is 200 Å². The first-order valence-corrected chi connectivity index (χ1v) is 11.4. The quantitative estimate of drug-likeness (QED) is 0.479. The van der Waals surface area contributed by atoms with E-state index in [0.29, 0.717) is 29.1 Å². The number of nitrogens with zero attached hydrogens (tertiary/aromatic N) is 2. The summed E-state index contributed by atoms with van der Waals surface area (Å²) >= 11 is 0. The predicted octanol–water partition coefficient (Wildman–Crippen LogP) is 3.28.